The first kappa shape index (κ1) is 19.4. The van der Waals surface area contributed by atoms with Crippen LogP contribution >= 0.6 is 0 Å². The Morgan fingerprint density at radius 1 is 1.26 bits per heavy atom. The molecule has 0 unspecified atom stereocenters. The van der Waals surface area contributed by atoms with Crippen LogP contribution in [0.1, 0.15) is 12.0 Å². The lowest BCUT2D eigenvalue weighted by Gasteiger charge is -2.49. The van der Waals surface area contributed by atoms with E-state index in [1.165, 1.54) is 17.0 Å². The second-order valence-corrected chi connectivity index (χ2v) is 7.85. The normalized spacial score (nSPS) is 23.4. The van der Waals surface area contributed by atoms with Crippen molar-refractivity contribution >= 4 is 22.6 Å². The topological polar surface area (TPSA) is 87.5 Å². The third-order valence-electron chi connectivity index (χ3n) is 6.03. The smallest absolute Gasteiger partial charge is 0.235 e. The van der Waals surface area contributed by atoms with Crippen LogP contribution in [0, 0.1) is 17.1 Å². The van der Waals surface area contributed by atoms with Gasteiger partial charge in [-0.15, -0.1) is 0 Å². The Kier molecular flexibility index (Phi) is 4.59. The van der Waals surface area contributed by atoms with Crippen molar-refractivity contribution in [3.63, 3.8) is 0 Å². The van der Waals surface area contributed by atoms with Gasteiger partial charge in [0.25, 0.3) is 0 Å². The number of carbonyl (C=O) groups excluding carboxylic acids is 1. The van der Waals surface area contributed by atoms with Crippen molar-refractivity contribution < 1.29 is 18.7 Å². The molecule has 0 radical (unpaired) electrons. The summed E-state index contributed by atoms with van der Waals surface area (Å²) in [6.07, 6.45) is 2.15. The number of nitrogens with one attached hydrogen (secondary N) is 2. The van der Waals surface area contributed by atoms with Crippen molar-refractivity contribution in [1.29, 1.82) is 5.41 Å². The molecular weight excluding hydrogens is 399 g/mol. The van der Waals surface area contributed by atoms with Crippen LogP contribution in [0.5, 0.6) is 11.6 Å². The largest absolute Gasteiger partial charge is 0.439 e. The quantitative estimate of drug-likeness (QED) is 0.678. The molecule has 0 spiro atoms. The molecule has 8 heteroatoms. The minimum Gasteiger partial charge on any atom is -0.439 e. The maximum Gasteiger partial charge on any atom is 0.235 e. The molecule has 5 rings (SSSR count). The van der Waals surface area contributed by atoms with Crippen LogP contribution in [0.25, 0.3) is 10.8 Å². The molecule has 2 aromatic carbocycles. The maximum atomic E-state index is 15.1. The Balaban J connectivity index is 1.54. The average Bonchev–Trinajstić information content (AvgIpc) is 2.79. The van der Waals surface area contributed by atoms with Crippen molar-refractivity contribution in [2.75, 3.05) is 20.3 Å². The van der Waals surface area contributed by atoms with Crippen LogP contribution in [0.4, 0.5) is 4.39 Å². The number of fused-ring (bicyclic) bond motifs is 2. The van der Waals surface area contributed by atoms with E-state index in [2.05, 4.69) is 10.3 Å². The summed E-state index contributed by atoms with van der Waals surface area (Å²) in [5, 5.41) is 13.2. The van der Waals surface area contributed by atoms with Gasteiger partial charge in [-0.3, -0.25) is 15.1 Å². The van der Waals surface area contributed by atoms with Crippen LogP contribution in [0.15, 0.2) is 54.7 Å². The number of halogens is 1. The van der Waals surface area contributed by atoms with Crippen LogP contribution in [-0.2, 0) is 15.1 Å². The van der Waals surface area contributed by atoms with E-state index in [1.807, 2.05) is 30.3 Å². The van der Waals surface area contributed by atoms with Gasteiger partial charge in [0, 0.05) is 36.9 Å². The molecule has 2 N–H and O–H groups in total. The van der Waals surface area contributed by atoms with Gasteiger partial charge in [0.15, 0.2) is 5.96 Å². The summed E-state index contributed by atoms with van der Waals surface area (Å²) in [5.41, 5.74) is -0.930. The van der Waals surface area contributed by atoms with Gasteiger partial charge in [-0.2, -0.15) is 0 Å². The number of nitrogens with zero attached hydrogens (tertiary/aromatic N) is 2. The molecule has 2 fully saturated rings. The number of ether oxygens (including phenoxy) is 2. The molecule has 0 aliphatic carbocycles. The monoisotopic (exact) mass is 420 g/mol. The molecule has 0 bridgehead atoms. The van der Waals surface area contributed by atoms with Crippen molar-refractivity contribution in [1.82, 2.24) is 15.2 Å². The zero-order chi connectivity index (χ0) is 21.6. The van der Waals surface area contributed by atoms with Gasteiger partial charge in [0.05, 0.1) is 12.5 Å². The zero-order valence-electron chi connectivity index (χ0n) is 16.9. The lowest BCUT2D eigenvalue weighted by atomic mass is 9.73. The Morgan fingerprint density at radius 3 is 2.90 bits per heavy atom. The first-order valence-electron chi connectivity index (χ1n) is 10.0. The lowest BCUT2D eigenvalue weighted by Crippen LogP contribution is -2.68. The third kappa shape index (κ3) is 3.19. The van der Waals surface area contributed by atoms with E-state index < -0.39 is 17.3 Å². The predicted octanol–water partition coefficient (Wildman–Crippen LogP) is 3.39. The first-order valence-corrected chi connectivity index (χ1v) is 10.0. The van der Waals surface area contributed by atoms with E-state index in [4.69, 9.17) is 14.9 Å². The summed E-state index contributed by atoms with van der Waals surface area (Å²) in [7, 11) is 1.54. The van der Waals surface area contributed by atoms with Crippen LogP contribution < -0.4 is 10.1 Å². The highest BCUT2D eigenvalue weighted by molar-refractivity contribution is 6.00. The van der Waals surface area contributed by atoms with E-state index in [-0.39, 0.29) is 24.0 Å². The number of carbonyl (C=O) groups is 1. The number of guanidine groups is 1. The fourth-order valence-corrected chi connectivity index (χ4v) is 4.36. The average molecular weight is 420 g/mol. The highest BCUT2D eigenvalue weighted by Crippen LogP contribution is 2.42. The van der Waals surface area contributed by atoms with E-state index in [0.717, 1.165) is 10.8 Å². The third-order valence-corrected chi connectivity index (χ3v) is 6.03. The number of benzene rings is 2. The second kappa shape index (κ2) is 7.31. The number of aromatic nitrogens is 1. The molecule has 2 aliphatic heterocycles. The zero-order valence-corrected chi connectivity index (χ0v) is 16.9. The number of hydrogen-bond donors (Lipinski definition) is 2. The second-order valence-electron chi connectivity index (χ2n) is 7.85. The number of rotatable bonds is 3. The molecule has 7 nitrogen and oxygen atoms in total. The Labute approximate surface area is 178 Å². The van der Waals surface area contributed by atoms with Crippen molar-refractivity contribution in [2.45, 2.75) is 12.0 Å². The van der Waals surface area contributed by atoms with E-state index in [0.29, 0.717) is 24.7 Å². The molecule has 3 heterocycles. The summed E-state index contributed by atoms with van der Waals surface area (Å²) >= 11 is 0. The highest BCUT2D eigenvalue weighted by Gasteiger charge is 2.53. The Bertz CT molecular complexity index is 1200. The van der Waals surface area contributed by atoms with Crippen LogP contribution in [0.3, 0.4) is 0 Å². The molecule has 0 saturated carbocycles. The van der Waals surface area contributed by atoms with Crippen molar-refractivity contribution in [3.05, 3.63) is 66.1 Å². The molecule has 2 atom stereocenters. The van der Waals surface area contributed by atoms with Crippen LogP contribution in [-0.4, -0.2) is 42.0 Å². The molecule has 1 aromatic heterocycles. The standard InChI is InChI=1S/C23H21FN4O3/c1-28-21(29)17-8-9-30-13-23(17,27-22(28)25)18-11-16(6-7-19(18)24)31-20-10-14-4-2-3-5-15(14)12-26-20/h2-7,10-12,17H,8-9,13H2,1H3,(H2,25,27)/t17-,23-/m0/s1. The number of pyridine rings is 1. The number of amides is 1. The van der Waals surface area contributed by atoms with Gasteiger partial charge in [-0.1, -0.05) is 24.3 Å². The minimum absolute atomic E-state index is 0.0776. The summed E-state index contributed by atoms with van der Waals surface area (Å²) in [6, 6.07) is 14.0. The van der Waals surface area contributed by atoms with Gasteiger partial charge in [0.1, 0.15) is 17.1 Å². The Hall–Kier alpha value is -3.52. The summed E-state index contributed by atoms with van der Waals surface area (Å²) in [6.45, 7) is 0.480. The Morgan fingerprint density at radius 2 is 2.06 bits per heavy atom. The molecule has 1 amide bonds. The van der Waals surface area contributed by atoms with Gasteiger partial charge in [-0.05, 0) is 30.0 Å². The van der Waals surface area contributed by atoms with Gasteiger partial charge >= 0.3 is 0 Å². The molecule has 31 heavy (non-hydrogen) atoms. The van der Waals surface area contributed by atoms with Crippen LogP contribution in [0.2, 0.25) is 0 Å². The summed E-state index contributed by atoms with van der Waals surface area (Å²) in [4.78, 5) is 18.5. The van der Waals surface area contributed by atoms with E-state index in [1.54, 1.807) is 19.3 Å². The van der Waals surface area contributed by atoms with Crippen molar-refractivity contribution in [2.24, 2.45) is 5.92 Å². The van der Waals surface area contributed by atoms with E-state index in [9.17, 15) is 4.79 Å². The molecule has 2 aliphatic rings. The first-order chi connectivity index (χ1) is 15.0. The fraction of sp³-hybridized carbons (Fsp3) is 0.261. The fourth-order valence-electron chi connectivity index (χ4n) is 4.36. The van der Waals surface area contributed by atoms with Gasteiger partial charge < -0.3 is 14.8 Å². The van der Waals surface area contributed by atoms with Crippen molar-refractivity contribution in [3.8, 4) is 11.6 Å². The van der Waals surface area contributed by atoms with Gasteiger partial charge in [-0.25, -0.2) is 9.37 Å². The molecule has 2 saturated heterocycles. The summed E-state index contributed by atoms with van der Waals surface area (Å²) in [5.74, 6) is -0.596. The molecule has 158 valence electrons. The summed E-state index contributed by atoms with van der Waals surface area (Å²) < 4.78 is 26.6. The maximum absolute atomic E-state index is 15.1. The molecular formula is C23H21FN4O3. The van der Waals surface area contributed by atoms with E-state index >= 15 is 4.39 Å². The lowest BCUT2D eigenvalue weighted by molar-refractivity contribution is -0.143. The number of hydrogen-bond acceptors (Lipinski definition) is 5. The predicted molar refractivity (Wildman–Crippen MR) is 112 cm³/mol. The minimum atomic E-state index is -1.17. The molecule has 3 aromatic rings. The SMILES string of the molecule is CN1C(=N)N[C@@]2(c3cc(Oc4cc5ccccc5cn4)ccc3F)COCC[C@H]2C1=O. The van der Waals surface area contributed by atoms with Gasteiger partial charge in [0.2, 0.25) is 11.8 Å². The highest BCUT2D eigenvalue weighted by atomic mass is 19.1.